The zero-order valence-corrected chi connectivity index (χ0v) is 20.4. The number of unbranched alkanes of at least 4 members (excludes halogenated alkanes) is 3. The number of aliphatic hydroxyl groups excluding tert-OH is 1. The van der Waals surface area contributed by atoms with Crippen LogP contribution in [0.15, 0.2) is 24.3 Å². The summed E-state index contributed by atoms with van der Waals surface area (Å²) in [5, 5.41) is 10.2. The van der Waals surface area contributed by atoms with Crippen LogP contribution in [-0.4, -0.2) is 39.0 Å². The van der Waals surface area contributed by atoms with E-state index in [-0.39, 0.29) is 45.0 Å². The Kier molecular flexibility index (Phi) is 14.9. The number of hydrogen-bond donors (Lipinski definition) is 1. The first kappa shape index (κ1) is 27.0. The normalized spacial score (nSPS) is 12.4. The van der Waals surface area contributed by atoms with Crippen molar-refractivity contribution in [1.82, 2.24) is 0 Å². The van der Waals surface area contributed by atoms with Gasteiger partial charge in [-0.3, -0.25) is 4.31 Å². The summed E-state index contributed by atoms with van der Waals surface area (Å²) in [5.74, 6) is 0.0350. The van der Waals surface area contributed by atoms with Gasteiger partial charge in [0, 0.05) is 39.3 Å². The summed E-state index contributed by atoms with van der Waals surface area (Å²) < 4.78 is 31.7. The van der Waals surface area contributed by atoms with Crippen LogP contribution in [0.1, 0.15) is 64.0 Å². The van der Waals surface area contributed by atoms with Gasteiger partial charge in [-0.25, -0.2) is 8.42 Å². The summed E-state index contributed by atoms with van der Waals surface area (Å²) >= 11 is 0. The molecule has 0 heterocycles. The third kappa shape index (κ3) is 9.84. The van der Waals surface area contributed by atoms with E-state index in [2.05, 4.69) is 13.8 Å². The molecule has 1 aromatic rings. The van der Waals surface area contributed by atoms with Crippen LogP contribution in [-0.2, 0) is 47.5 Å². The second-order valence-corrected chi connectivity index (χ2v) is 8.58. The molecule has 1 unspecified atom stereocenters. The zero-order chi connectivity index (χ0) is 19.4. The number of hydrogen-bond acceptors (Lipinski definition) is 4. The van der Waals surface area contributed by atoms with Gasteiger partial charge < -0.3 is 16.8 Å². The molecule has 1 N–H and O–H groups in total. The van der Waals surface area contributed by atoms with Gasteiger partial charge in [0.15, 0.2) is 0 Å². The smallest absolute Gasteiger partial charge is 0.234 e. The zero-order valence-electron chi connectivity index (χ0n) is 16.8. The quantitative estimate of drug-likeness (QED) is 0.327. The van der Waals surface area contributed by atoms with E-state index in [1.54, 1.807) is 19.1 Å². The van der Waals surface area contributed by atoms with Gasteiger partial charge in [0.1, 0.15) is 0 Å². The summed E-state index contributed by atoms with van der Waals surface area (Å²) in [6, 6.07) is 7.16. The predicted octanol–water partition coefficient (Wildman–Crippen LogP) is 4.08. The van der Waals surface area contributed by atoms with Gasteiger partial charge in [0.2, 0.25) is 10.0 Å². The Balaban J connectivity index is 0.00000676. The van der Waals surface area contributed by atoms with Crippen LogP contribution in [0.3, 0.4) is 0 Å². The van der Waals surface area contributed by atoms with Gasteiger partial charge in [-0.2, -0.15) is 6.42 Å². The van der Waals surface area contributed by atoms with Crippen molar-refractivity contribution < 1.29 is 51.0 Å². The molecule has 5 nitrogen and oxygen atoms in total. The topological polar surface area (TPSA) is 66.8 Å². The molecule has 0 aliphatic carbocycles. The molecular weight excluding hydrogens is 439 g/mol. The van der Waals surface area contributed by atoms with Gasteiger partial charge >= 0.3 is 0 Å². The molecule has 1 rings (SSSR count). The number of aliphatic hydroxyl groups is 1. The fourth-order valence-electron chi connectivity index (χ4n) is 2.66. The molecule has 0 aliphatic rings. The van der Waals surface area contributed by atoms with Gasteiger partial charge in [0.05, 0.1) is 30.7 Å². The van der Waals surface area contributed by atoms with E-state index < -0.39 is 16.1 Å². The summed E-state index contributed by atoms with van der Waals surface area (Å²) in [6.07, 6.45) is 5.10. The monoisotopic (exact) mass is 473 g/mol. The van der Waals surface area contributed by atoms with Gasteiger partial charge in [-0.1, -0.05) is 44.7 Å². The third-order valence-corrected chi connectivity index (χ3v) is 6.12. The fourth-order valence-corrected chi connectivity index (χ4v) is 3.76. The summed E-state index contributed by atoms with van der Waals surface area (Å²) in [5.41, 5.74) is 1.43. The van der Waals surface area contributed by atoms with Crippen molar-refractivity contribution in [2.75, 3.05) is 29.8 Å². The number of benzene rings is 1. The second kappa shape index (κ2) is 14.9. The van der Waals surface area contributed by atoms with Crippen LogP contribution in [0.25, 0.3) is 0 Å². The van der Waals surface area contributed by atoms with Crippen LogP contribution in [0.2, 0.25) is 0 Å². The first-order chi connectivity index (χ1) is 12.5. The van der Waals surface area contributed by atoms with E-state index in [9.17, 15) is 13.5 Å². The second-order valence-electron chi connectivity index (χ2n) is 6.40. The van der Waals surface area contributed by atoms with Crippen LogP contribution >= 0.6 is 0 Å². The maximum Gasteiger partial charge on any atom is 0.234 e. The first-order valence-electron chi connectivity index (χ1n) is 9.61. The Morgan fingerprint density at radius 2 is 1.78 bits per heavy atom. The summed E-state index contributed by atoms with van der Waals surface area (Å²) in [6.45, 7) is 8.75. The molecule has 0 saturated heterocycles. The average molecular weight is 473 g/mol. The van der Waals surface area contributed by atoms with Gasteiger partial charge in [-0.15, -0.1) is 0 Å². The largest absolute Gasteiger partial charge is 0.388 e. The van der Waals surface area contributed by atoms with E-state index in [0.717, 1.165) is 44.1 Å². The molecule has 0 saturated carbocycles. The summed E-state index contributed by atoms with van der Waals surface area (Å²) in [4.78, 5) is 0. The Hall–Kier alpha value is -0.00610. The molecule has 1 radical (unpaired) electrons. The Morgan fingerprint density at radius 1 is 1.11 bits per heavy atom. The number of nitrogens with zero attached hydrogens (tertiary/aromatic N) is 1. The molecule has 0 bridgehead atoms. The van der Waals surface area contributed by atoms with Crippen molar-refractivity contribution in [3.63, 3.8) is 0 Å². The van der Waals surface area contributed by atoms with E-state index in [1.807, 2.05) is 12.1 Å². The first-order valence-corrected chi connectivity index (χ1v) is 11.2. The third-order valence-electron chi connectivity index (χ3n) is 4.32. The molecule has 0 fully saturated rings. The fraction of sp³-hybridized carbons (Fsp3) is 0.650. The minimum Gasteiger partial charge on any atom is -0.388 e. The Labute approximate surface area is 190 Å². The van der Waals surface area contributed by atoms with Gasteiger partial charge in [-0.05, 0) is 31.0 Å². The van der Waals surface area contributed by atoms with Crippen molar-refractivity contribution >= 4 is 15.7 Å². The minimum absolute atomic E-state index is 0. The molecule has 153 valence electrons. The minimum atomic E-state index is -3.38. The van der Waals surface area contributed by atoms with Crippen molar-refractivity contribution in [3.8, 4) is 0 Å². The van der Waals surface area contributed by atoms with Crippen LogP contribution in [0.4, 0.5) is 5.69 Å². The number of sulfonamides is 1. The maximum atomic E-state index is 12.4. The Morgan fingerprint density at radius 3 is 2.33 bits per heavy atom. The van der Waals surface area contributed by atoms with Crippen molar-refractivity contribution in [1.29, 1.82) is 0 Å². The van der Waals surface area contributed by atoms with E-state index in [1.165, 1.54) is 4.31 Å². The van der Waals surface area contributed by atoms with Crippen molar-refractivity contribution in [2.45, 2.75) is 58.5 Å². The average Bonchev–Trinajstić information content (AvgIpc) is 2.65. The predicted molar refractivity (Wildman–Crippen MR) is 108 cm³/mol. The molecule has 0 amide bonds. The Bertz CT molecular complexity index is 593. The number of rotatable bonds is 14. The van der Waals surface area contributed by atoms with E-state index >= 15 is 0 Å². The molecule has 1 atom stereocenters. The van der Waals surface area contributed by atoms with Crippen LogP contribution < -0.4 is 4.31 Å². The molecule has 27 heavy (non-hydrogen) atoms. The van der Waals surface area contributed by atoms with Crippen molar-refractivity contribution in [2.24, 2.45) is 0 Å². The molecule has 1 aromatic carbocycles. The SMILES string of the molecule is [CH2-]CCCOCCN(c1ccc(C(O)CCCCC)cc1)S(=O)(=O)CC.[Y]. The number of anilines is 1. The molecule has 7 heteroatoms. The summed E-state index contributed by atoms with van der Waals surface area (Å²) in [7, 11) is -3.38. The van der Waals surface area contributed by atoms with E-state index in [0.29, 0.717) is 18.9 Å². The molecule has 0 aliphatic heterocycles. The number of ether oxygens (including phenoxy) is 1. The van der Waals surface area contributed by atoms with Crippen molar-refractivity contribution in [3.05, 3.63) is 36.8 Å². The maximum absolute atomic E-state index is 12.4. The van der Waals surface area contributed by atoms with Gasteiger partial charge in [0.25, 0.3) is 0 Å². The molecular formula is C20H34NO4SY-. The molecule has 0 spiro atoms. The standard InChI is InChI=1S/C20H34NO4S.Y/c1-4-7-9-10-20(22)18-11-13-19(14-12-18)21(26(23,24)6-3)15-17-25-16-8-5-2;/h11-14,20,22H,2,4-10,15-17H2,1,3H3;/q-1;. The van der Waals surface area contributed by atoms with Crippen LogP contribution in [0, 0.1) is 6.92 Å². The van der Waals surface area contributed by atoms with E-state index in [4.69, 9.17) is 4.74 Å². The van der Waals surface area contributed by atoms with Crippen LogP contribution in [0.5, 0.6) is 0 Å². The molecule has 0 aromatic heterocycles.